The number of halogens is 6. The van der Waals surface area contributed by atoms with Crippen molar-refractivity contribution in [2.45, 2.75) is 25.2 Å². The number of rotatable bonds is 4. The van der Waals surface area contributed by atoms with E-state index >= 15 is 0 Å². The van der Waals surface area contributed by atoms with E-state index < -0.39 is 24.3 Å². The number of carboxylic acids is 2. The lowest BCUT2D eigenvalue weighted by Gasteiger charge is -2.43. The number of likely N-dealkylation sites (N-methyl/N-ethyl adjacent to an activating group) is 1. The highest BCUT2D eigenvalue weighted by Gasteiger charge is 2.41. The van der Waals surface area contributed by atoms with Crippen molar-refractivity contribution in [3.8, 4) is 0 Å². The molecule has 224 valence electrons. The molecule has 1 unspecified atom stereocenters. The Morgan fingerprint density at radius 2 is 1.59 bits per heavy atom. The second-order valence-electron chi connectivity index (χ2n) is 9.57. The molecule has 0 bridgehead atoms. The van der Waals surface area contributed by atoms with E-state index in [9.17, 15) is 31.1 Å². The molecule has 1 spiro atoms. The van der Waals surface area contributed by atoms with Crippen molar-refractivity contribution >= 4 is 17.8 Å². The largest absolute Gasteiger partial charge is 0.490 e. The molecule has 1 amide bonds. The molecule has 2 aliphatic rings. The van der Waals surface area contributed by atoms with Gasteiger partial charge in [0.1, 0.15) is 5.69 Å². The fourth-order valence-electron chi connectivity index (χ4n) is 4.09. The van der Waals surface area contributed by atoms with Crippen LogP contribution in [0.3, 0.4) is 0 Å². The van der Waals surface area contributed by atoms with Crippen LogP contribution in [0.2, 0.25) is 0 Å². The number of amides is 1. The Balaban J connectivity index is 0.000000449. The molecule has 0 saturated carbocycles. The number of likely N-dealkylation sites (tertiary alicyclic amines) is 1. The van der Waals surface area contributed by atoms with Gasteiger partial charge in [-0.05, 0) is 39.1 Å². The fourth-order valence-corrected chi connectivity index (χ4v) is 4.09. The Hall–Kier alpha value is -2.85. The van der Waals surface area contributed by atoms with Gasteiger partial charge < -0.3 is 29.3 Å². The molecule has 0 aromatic carbocycles. The molecular formula is C23H34F6N4O6. The van der Waals surface area contributed by atoms with E-state index in [0.717, 1.165) is 71.0 Å². The maximum absolute atomic E-state index is 12.9. The quantitative estimate of drug-likeness (QED) is 0.526. The van der Waals surface area contributed by atoms with Gasteiger partial charge >= 0.3 is 24.3 Å². The van der Waals surface area contributed by atoms with Gasteiger partial charge in [0, 0.05) is 57.9 Å². The molecule has 39 heavy (non-hydrogen) atoms. The summed E-state index contributed by atoms with van der Waals surface area (Å²) in [6, 6.07) is 3.85. The summed E-state index contributed by atoms with van der Waals surface area (Å²) in [4.78, 5) is 37.5. The van der Waals surface area contributed by atoms with Crippen molar-refractivity contribution in [2.75, 3.05) is 66.6 Å². The maximum atomic E-state index is 12.9. The summed E-state index contributed by atoms with van der Waals surface area (Å²) < 4.78 is 71.4. The Bertz CT molecular complexity index is 928. The van der Waals surface area contributed by atoms with Crippen LogP contribution in [0.15, 0.2) is 18.3 Å². The average Bonchev–Trinajstić information content (AvgIpc) is 3.15. The molecule has 1 aromatic heterocycles. The van der Waals surface area contributed by atoms with Crippen LogP contribution in [0, 0.1) is 5.41 Å². The van der Waals surface area contributed by atoms with Crippen molar-refractivity contribution in [2.24, 2.45) is 12.5 Å². The minimum absolute atomic E-state index is 0.0713. The highest BCUT2D eigenvalue weighted by Crippen LogP contribution is 2.33. The molecule has 0 aliphatic carbocycles. The molecule has 1 aromatic rings. The Morgan fingerprint density at radius 1 is 1.03 bits per heavy atom. The molecule has 2 aliphatic heterocycles. The lowest BCUT2D eigenvalue weighted by Crippen LogP contribution is -2.52. The number of ether oxygens (including phenoxy) is 1. The van der Waals surface area contributed by atoms with E-state index in [1.54, 1.807) is 0 Å². The van der Waals surface area contributed by atoms with Crippen LogP contribution in [-0.4, -0.2) is 126 Å². The molecule has 10 nitrogen and oxygen atoms in total. The SMILES string of the molecule is CN(C)CCN1CCOCC2(CCCN(C(=O)c3cccn3C)C2)C1.O=C(O)C(F)(F)F.O=C(O)C(F)(F)F. The summed E-state index contributed by atoms with van der Waals surface area (Å²) in [6.07, 6.45) is -6.03. The van der Waals surface area contributed by atoms with Crippen molar-refractivity contribution in [3.05, 3.63) is 24.0 Å². The standard InChI is InChI=1S/C19H32N4O2.2C2HF3O2/c1-20(2)10-11-22-12-13-25-16-19(14-22)7-5-9-23(15-19)18(24)17-6-4-8-21(17)3;2*3-2(4,5)1(6)7/h4,6,8H,5,7,9-16H2,1-3H3;2*(H,6,7). The maximum Gasteiger partial charge on any atom is 0.490 e. The second kappa shape index (κ2) is 14.5. The van der Waals surface area contributed by atoms with E-state index in [1.807, 2.05) is 34.8 Å². The zero-order chi connectivity index (χ0) is 30.0. The van der Waals surface area contributed by atoms with E-state index in [-0.39, 0.29) is 11.3 Å². The number of carbonyl (C=O) groups excluding carboxylic acids is 1. The number of hydrogen-bond acceptors (Lipinski definition) is 6. The van der Waals surface area contributed by atoms with Crippen molar-refractivity contribution < 1.29 is 55.7 Å². The number of carboxylic acid groups (broad SMARTS) is 2. The normalized spacial score (nSPS) is 20.4. The first-order valence-electron chi connectivity index (χ1n) is 11.8. The molecular weight excluding hydrogens is 542 g/mol. The van der Waals surface area contributed by atoms with E-state index in [1.165, 1.54) is 0 Å². The van der Waals surface area contributed by atoms with Crippen LogP contribution in [0.1, 0.15) is 23.3 Å². The minimum atomic E-state index is -5.08. The lowest BCUT2D eigenvalue weighted by molar-refractivity contribution is -0.193. The Kier molecular flexibility index (Phi) is 12.7. The second-order valence-corrected chi connectivity index (χ2v) is 9.57. The van der Waals surface area contributed by atoms with Crippen molar-refractivity contribution in [1.29, 1.82) is 0 Å². The Labute approximate surface area is 221 Å². The van der Waals surface area contributed by atoms with E-state index in [0.29, 0.717) is 0 Å². The fraction of sp³-hybridized carbons (Fsp3) is 0.696. The third kappa shape index (κ3) is 11.8. The molecule has 2 N–H and O–H groups in total. The van der Waals surface area contributed by atoms with Gasteiger partial charge in [0.05, 0.1) is 13.2 Å². The van der Waals surface area contributed by atoms with Gasteiger partial charge in [-0.2, -0.15) is 26.3 Å². The number of nitrogens with zero attached hydrogens (tertiary/aromatic N) is 4. The number of aliphatic carboxylic acids is 2. The molecule has 0 radical (unpaired) electrons. The average molecular weight is 577 g/mol. The molecule has 1 atom stereocenters. The first-order valence-corrected chi connectivity index (χ1v) is 11.8. The van der Waals surface area contributed by atoms with Gasteiger partial charge in [0.15, 0.2) is 0 Å². The predicted octanol–water partition coefficient (Wildman–Crippen LogP) is 2.41. The van der Waals surface area contributed by atoms with Crippen LogP contribution in [0.4, 0.5) is 26.3 Å². The van der Waals surface area contributed by atoms with Gasteiger partial charge in [-0.1, -0.05) is 0 Å². The highest BCUT2D eigenvalue weighted by atomic mass is 19.4. The van der Waals surface area contributed by atoms with Gasteiger partial charge in [0.2, 0.25) is 0 Å². The molecule has 2 fully saturated rings. The third-order valence-corrected chi connectivity index (χ3v) is 5.98. The van der Waals surface area contributed by atoms with Gasteiger partial charge in [-0.15, -0.1) is 0 Å². The summed E-state index contributed by atoms with van der Waals surface area (Å²) in [6.45, 7) is 7.34. The Morgan fingerprint density at radius 3 is 2.05 bits per heavy atom. The smallest absolute Gasteiger partial charge is 0.475 e. The topological polar surface area (TPSA) is 116 Å². The van der Waals surface area contributed by atoms with Gasteiger partial charge in [-0.3, -0.25) is 9.69 Å². The van der Waals surface area contributed by atoms with Crippen LogP contribution in [0.5, 0.6) is 0 Å². The number of alkyl halides is 6. The number of aromatic nitrogens is 1. The van der Waals surface area contributed by atoms with Crippen LogP contribution in [0.25, 0.3) is 0 Å². The molecule has 2 saturated heterocycles. The summed E-state index contributed by atoms with van der Waals surface area (Å²) in [5.74, 6) is -5.37. The van der Waals surface area contributed by atoms with Crippen LogP contribution in [-0.2, 0) is 21.4 Å². The first-order chi connectivity index (χ1) is 17.9. The summed E-state index contributed by atoms with van der Waals surface area (Å²) in [7, 11) is 6.17. The van der Waals surface area contributed by atoms with Crippen LogP contribution < -0.4 is 0 Å². The van der Waals surface area contributed by atoms with Crippen molar-refractivity contribution in [3.63, 3.8) is 0 Å². The van der Waals surface area contributed by atoms with Gasteiger partial charge in [0.25, 0.3) is 5.91 Å². The van der Waals surface area contributed by atoms with E-state index in [4.69, 9.17) is 24.5 Å². The van der Waals surface area contributed by atoms with Crippen LogP contribution >= 0.6 is 0 Å². The number of carbonyl (C=O) groups is 3. The predicted molar refractivity (Wildman–Crippen MR) is 126 cm³/mol. The minimum Gasteiger partial charge on any atom is -0.475 e. The summed E-state index contributed by atoms with van der Waals surface area (Å²) in [5, 5.41) is 14.2. The number of piperidine rings is 1. The highest BCUT2D eigenvalue weighted by molar-refractivity contribution is 5.92. The third-order valence-electron chi connectivity index (χ3n) is 5.98. The molecule has 16 heteroatoms. The zero-order valence-electron chi connectivity index (χ0n) is 21.9. The van der Waals surface area contributed by atoms with E-state index in [2.05, 4.69) is 23.9 Å². The first kappa shape index (κ1) is 34.2. The lowest BCUT2D eigenvalue weighted by atomic mass is 9.80. The molecule has 3 rings (SSSR count). The monoisotopic (exact) mass is 576 g/mol. The summed E-state index contributed by atoms with van der Waals surface area (Å²) >= 11 is 0. The zero-order valence-corrected chi connectivity index (χ0v) is 21.9. The number of hydrogen-bond donors (Lipinski definition) is 2. The van der Waals surface area contributed by atoms with Gasteiger partial charge in [-0.25, -0.2) is 9.59 Å². The molecule has 3 heterocycles. The van der Waals surface area contributed by atoms with Crippen molar-refractivity contribution in [1.82, 2.24) is 19.3 Å². The summed E-state index contributed by atoms with van der Waals surface area (Å²) in [5.41, 5.74) is 0.845. The number of aryl methyl sites for hydroxylation is 1.